The number of carbonyl (C=O) groups is 1. The van der Waals surface area contributed by atoms with Crippen molar-refractivity contribution in [2.75, 3.05) is 23.3 Å². The van der Waals surface area contributed by atoms with E-state index in [4.69, 9.17) is 5.11 Å². The van der Waals surface area contributed by atoms with Crippen molar-refractivity contribution in [3.8, 4) is 0 Å². The zero-order valence-corrected chi connectivity index (χ0v) is 10.6. The van der Waals surface area contributed by atoms with E-state index in [1.165, 1.54) is 6.33 Å². The molecule has 2 rings (SSSR count). The van der Waals surface area contributed by atoms with Gasteiger partial charge in [0, 0.05) is 25.2 Å². The smallest absolute Gasteiger partial charge is 0.308 e. The monoisotopic (exact) mass is 250 g/mol. The Hall–Kier alpha value is -1.85. The summed E-state index contributed by atoms with van der Waals surface area (Å²) in [5, 5.41) is 12.0. The zero-order chi connectivity index (χ0) is 13.1. The van der Waals surface area contributed by atoms with E-state index in [9.17, 15) is 4.79 Å². The quantitative estimate of drug-likeness (QED) is 0.790. The van der Waals surface area contributed by atoms with Crippen molar-refractivity contribution < 1.29 is 9.90 Å². The van der Waals surface area contributed by atoms with Gasteiger partial charge in [-0.15, -0.1) is 0 Å². The van der Waals surface area contributed by atoms with Crippen molar-refractivity contribution in [2.24, 2.45) is 5.92 Å². The van der Waals surface area contributed by atoms with E-state index in [-0.39, 0.29) is 12.0 Å². The third-order valence-electron chi connectivity index (χ3n) is 3.18. The molecular formula is C12H18N4O2. The lowest BCUT2D eigenvalue weighted by Gasteiger charge is -2.19. The van der Waals surface area contributed by atoms with E-state index in [0.29, 0.717) is 12.2 Å². The van der Waals surface area contributed by atoms with Gasteiger partial charge >= 0.3 is 5.97 Å². The fourth-order valence-corrected chi connectivity index (χ4v) is 1.96. The predicted molar refractivity (Wildman–Crippen MR) is 68.7 cm³/mol. The predicted octanol–water partition coefficient (Wildman–Crippen LogP) is 1.21. The number of carboxylic acids is 1. The highest BCUT2D eigenvalue weighted by Crippen LogP contribution is 2.33. The van der Waals surface area contributed by atoms with Crippen LogP contribution in [0.3, 0.4) is 0 Å². The van der Waals surface area contributed by atoms with E-state index >= 15 is 0 Å². The molecule has 0 aliphatic heterocycles. The number of nitrogens with zero attached hydrogens (tertiary/aromatic N) is 3. The van der Waals surface area contributed by atoms with Gasteiger partial charge in [0.05, 0.1) is 5.92 Å². The summed E-state index contributed by atoms with van der Waals surface area (Å²) in [5.74, 6) is 0.535. The van der Waals surface area contributed by atoms with Crippen molar-refractivity contribution >= 4 is 17.6 Å². The lowest BCUT2D eigenvalue weighted by atomic mass is 10.4. The second-order valence-corrected chi connectivity index (χ2v) is 4.36. The lowest BCUT2D eigenvalue weighted by Crippen LogP contribution is -2.23. The van der Waals surface area contributed by atoms with E-state index in [1.807, 2.05) is 6.07 Å². The van der Waals surface area contributed by atoms with E-state index in [0.717, 1.165) is 18.9 Å². The molecule has 2 atom stereocenters. The van der Waals surface area contributed by atoms with Crippen LogP contribution >= 0.6 is 0 Å². The molecule has 1 fully saturated rings. The fraction of sp³-hybridized carbons (Fsp3) is 0.583. The van der Waals surface area contributed by atoms with Gasteiger partial charge < -0.3 is 15.3 Å². The van der Waals surface area contributed by atoms with Crippen molar-refractivity contribution in [3.63, 3.8) is 0 Å². The van der Waals surface area contributed by atoms with Gasteiger partial charge in [0.1, 0.15) is 18.0 Å². The fourth-order valence-electron chi connectivity index (χ4n) is 1.96. The Morgan fingerprint density at radius 3 is 2.78 bits per heavy atom. The van der Waals surface area contributed by atoms with Crippen LogP contribution in [0, 0.1) is 5.92 Å². The number of aromatic nitrogens is 2. The molecule has 0 aromatic carbocycles. The minimum absolute atomic E-state index is 0.00181. The first-order valence-corrected chi connectivity index (χ1v) is 6.22. The average Bonchev–Trinajstić information content (AvgIpc) is 3.11. The van der Waals surface area contributed by atoms with Crippen LogP contribution in [0.25, 0.3) is 0 Å². The molecule has 18 heavy (non-hydrogen) atoms. The summed E-state index contributed by atoms with van der Waals surface area (Å²) in [6.45, 7) is 5.91. The zero-order valence-electron chi connectivity index (χ0n) is 10.6. The first-order valence-electron chi connectivity index (χ1n) is 6.22. The van der Waals surface area contributed by atoms with Crippen LogP contribution in [0.5, 0.6) is 0 Å². The molecule has 98 valence electrons. The highest BCUT2D eigenvalue weighted by Gasteiger charge is 2.43. The third-order valence-corrected chi connectivity index (χ3v) is 3.18. The Balaban J connectivity index is 2.02. The lowest BCUT2D eigenvalue weighted by molar-refractivity contribution is -0.138. The van der Waals surface area contributed by atoms with Gasteiger partial charge in [-0.1, -0.05) is 0 Å². The molecule has 0 bridgehead atoms. The molecule has 0 amide bonds. The van der Waals surface area contributed by atoms with Gasteiger partial charge in [-0.3, -0.25) is 4.79 Å². The summed E-state index contributed by atoms with van der Waals surface area (Å²) in [4.78, 5) is 21.2. The van der Waals surface area contributed by atoms with Crippen LogP contribution in [-0.4, -0.2) is 40.2 Å². The first kappa shape index (κ1) is 12.6. The Morgan fingerprint density at radius 1 is 1.50 bits per heavy atom. The number of nitrogens with one attached hydrogen (secondary N) is 1. The van der Waals surface area contributed by atoms with Gasteiger partial charge in [0.15, 0.2) is 0 Å². The van der Waals surface area contributed by atoms with E-state index in [1.54, 1.807) is 0 Å². The molecule has 1 aromatic rings. The van der Waals surface area contributed by atoms with Gasteiger partial charge in [-0.05, 0) is 20.3 Å². The molecule has 1 aliphatic carbocycles. The second-order valence-electron chi connectivity index (χ2n) is 4.36. The van der Waals surface area contributed by atoms with Crippen LogP contribution in [0.15, 0.2) is 12.4 Å². The van der Waals surface area contributed by atoms with Crippen molar-refractivity contribution in [1.82, 2.24) is 9.97 Å². The van der Waals surface area contributed by atoms with Crippen LogP contribution in [-0.2, 0) is 4.79 Å². The first-order chi connectivity index (χ1) is 8.65. The maximum atomic E-state index is 10.7. The summed E-state index contributed by atoms with van der Waals surface area (Å²) in [5.41, 5.74) is 0. The molecule has 0 saturated heterocycles. The van der Waals surface area contributed by atoms with Crippen molar-refractivity contribution in [3.05, 3.63) is 12.4 Å². The summed E-state index contributed by atoms with van der Waals surface area (Å²) in [7, 11) is 0. The molecule has 1 aliphatic rings. The molecule has 0 spiro atoms. The molecule has 1 aromatic heterocycles. The highest BCUT2D eigenvalue weighted by atomic mass is 16.4. The van der Waals surface area contributed by atoms with E-state index in [2.05, 4.69) is 34.0 Å². The molecule has 2 N–H and O–H groups in total. The maximum absolute atomic E-state index is 10.7. The van der Waals surface area contributed by atoms with Crippen LogP contribution in [0.2, 0.25) is 0 Å². The summed E-state index contributed by atoms with van der Waals surface area (Å²) < 4.78 is 0. The highest BCUT2D eigenvalue weighted by molar-refractivity contribution is 5.75. The Kier molecular flexibility index (Phi) is 3.64. The molecule has 0 radical (unpaired) electrons. The molecule has 6 nitrogen and oxygen atoms in total. The number of rotatable bonds is 6. The van der Waals surface area contributed by atoms with Crippen molar-refractivity contribution in [2.45, 2.75) is 26.3 Å². The number of anilines is 2. The van der Waals surface area contributed by atoms with Crippen LogP contribution in [0.4, 0.5) is 11.6 Å². The summed E-state index contributed by atoms with van der Waals surface area (Å²) in [6.07, 6.45) is 2.17. The second kappa shape index (κ2) is 5.20. The van der Waals surface area contributed by atoms with Crippen LogP contribution in [0.1, 0.15) is 20.3 Å². The minimum Gasteiger partial charge on any atom is -0.481 e. The van der Waals surface area contributed by atoms with Crippen LogP contribution < -0.4 is 10.2 Å². The summed E-state index contributed by atoms with van der Waals surface area (Å²) in [6, 6.07) is 1.87. The van der Waals surface area contributed by atoms with Crippen molar-refractivity contribution in [1.29, 1.82) is 0 Å². The number of aliphatic carboxylic acids is 1. The Labute approximate surface area is 106 Å². The van der Waals surface area contributed by atoms with Gasteiger partial charge in [-0.2, -0.15) is 0 Å². The number of hydrogen-bond donors (Lipinski definition) is 2. The standard InChI is InChI=1S/C12H18N4O2/c1-3-16(4-2)11-6-10(13-7-14-11)15-9-5-8(9)12(17)18/h6-9H,3-5H2,1-2H3,(H,17,18)(H,13,14,15). The molecule has 2 unspecified atom stereocenters. The molecule has 6 heteroatoms. The molecular weight excluding hydrogens is 232 g/mol. The SMILES string of the molecule is CCN(CC)c1cc(NC2CC2C(=O)O)ncn1. The Morgan fingerprint density at radius 2 is 2.22 bits per heavy atom. The minimum atomic E-state index is -0.745. The van der Waals surface area contributed by atoms with Gasteiger partial charge in [-0.25, -0.2) is 9.97 Å². The third kappa shape index (κ3) is 2.69. The van der Waals surface area contributed by atoms with E-state index < -0.39 is 5.97 Å². The largest absolute Gasteiger partial charge is 0.481 e. The normalized spacial score (nSPS) is 21.4. The number of carboxylic acid groups (broad SMARTS) is 1. The Bertz CT molecular complexity index is 434. The maximum Gasteiger partial charge on any atom is 0.308 e. The number of hydrogen-bond acceptors (Lipinski definition) is 5. The van der Waals surface area contributed by atoms with Gasteiger partial charge in [0.2, 0.25) is 0 Å². The topological polar surface area (TPSA) is 78.4 Å². The molecule has 1 heterocycles. The van der Waals surface area contributed by atoms with Gasteiger partial charge in [0.25, 0.3) is 0 Å². The summed E-state index contributed by atoms with van der Waals surface area (Å²) >= 11 is 0. The molecule has 1 saturated carbocycles. The average molecular weight is 250 g/mol.